The molecule has 4 rings (SSSR count). The Labute approximate surface area is 126 Å². The van der Waals surface area contributed by atoms with E-state index in [-0.39, 0.29) is 0 Å². The van der Waals surface area contributed by atoms with Crippen LogP contribution in [0.5, 0.6) is 5.75 Å². The summed E-state index contributed by atoms with van der Waals surface area (Å²) in [5, 5.41) is 5.10. The number of nitrogens with zero attached hydrogens (tertiary/aromatic N) is 1. The van der Waals surface area contributed by atoms with Gasteiger partial charge in [0.25, 0.3) is 0 Å². The molecule has 0 fully saturated rings. The Kier molecular flexibility index (Phi) is 3.18. The number of rotatable bonds is 3. The summed E-state index contributed by atoms with van der Waals surface area (Å²) in [7, 11) is 0. The molecule has 21 heavy (non-hydrogen) atoms. The lowest BCUT2D eigenvalue weighted by Gasteiger charge is -2.31. The molecule has 0 spiro atoms. The fourth-order valence-corrected chi connectivity index (χ4v) is 3.85. The van der Waals surface area contributed by atoms with Gasteiger partial charge >= 0.3 is 0 Å². The fourth-order valence-electron chi connectivity index (χ4n) is 3.85. The second kappa shape index (κ2) is 5.06. The molecule has 0 amide bonds. The average Bonchev–Trinajstić information content (AvgIpc) is 2.82. The molecule has 0 saturated heterocycles. The highest BCUT2D eigenvalue weighted by Gasteiger charge is 2.29. The Bertz CT molecular complexity index is 669. The monoisotopic (exact) mass is 284 g/mol. The summed E-state index contributed by atoms with van der Waals surface area (Å²) < 4.78 is 8.47. The molecule has 2 aromatic rings. The molecule has 3 heteroatoms. The van der Waals surface area contributed by atoms with Gasteiger partial charge in [-0.3, -0.25) is 0 Å². The van der Waals surface area contributed by atoms with Crippen molar-refractivity contribution in [2.75, 3.05) is 13.2 Å². The molecule has 0 unspecified atom stereocenters. The first-order valence-corrected chi connectivity index (χ1v) is 8.25. The van der Waals surface area contributed by atoms with Crippen LogP contribution in [0.4, 0.5) is 0 Å². The first-order chi connectivity index (χ1) is 10.2. The van der Waals surface area contributed by atoms with Crippen LogP contribution in [-0.4, -0.2) is 17.7 Å². The molecule has 1 N–H and O–H groups in total. The highest BCUT2D eigenvalue weighted by Crippen LogP contribution is 2.39. The van der Waals surface area contributed by atoms with E-state index in [1.54, 1.807) is 11.3 Å². The smallest absolute Gasteiger partial charge is 0.120 e. The predicted octanol–water partition coefficient (Wildman–Crippen LogP) is 3.66. The molecular formula is C18H24N2O. The zero-order chi connectivity index (χ0) is 14.4. The van der Waals surface area contributed by atoms with Crippen molar-refractivity contribution in [1.82, 2.24) is 9.88 Å². The Balaban J connectivity index is 1.81. The van der Waals surface area contributed by atoms with Crippen LogP contribution >= 0.6 is 0 Å². The Morgan fingerprint density at radius 2 is 2.29 bits per heavy atom. The lowest BCUT2D eigenvalue weighted by molar-refractivity contribution is 0.271. The van der Waals surface area contributed by atoms with Crippen LogP contribution in [-0.2, 0) is 13.0 Å². The summed E-state index contributed by atoms with van der Waals surface area (Å²) in [6.45, 7) is 7.35. The average molecular weight is 284 g/mol. The van der Waals surface area contributed by atoms with Crippen molar-refractivity contribution in [3.63, 3.8) is 0 Å². The van der Waals surface area contributed by atoms with Crippen molar-refractivity contribution in [3.05, 3.63) is 29.5 Å². The van der Waals surface area contributed by atoms with E-state index >= 15 is 0 Å². The normalized spacial score (nSPS) is 20.8. The number of ether oxygens (including phenoxy) is 1. The zero-order valence-corrected chi connectivity index (χ0v) is 13.0. The topological polar surface area (TPSA) is 26.2 Å². The van der Waals surface area contributed by atoms with Gasteiger partial charge in [0, 0.05) is 35.7 Å². The summed E-state index contributed by atoms with van der Waals surface area (Å²) >= 11 is 0. The number of aromatic nitrogens is 1. The van der Waals surface area contributed by atoms with E-state index < -0.39 is 0 Å². The highest BCUT2D eigenvalue weighted by atomic mass is 16.5. The SMILES string of the molecule is CC(C)COc1ccc2c(c1)c1c3n2CCN[C@H]3CCC1. The van der Waals surface area contributed by atoms with Gasteiger partial charge in [0.2, 0.25) is 0 Å². The second-order valence-electron chi connectivity index (χ2n) is 6.80. The van der Waals surface area contributed by atoms with Gasteiger partial charge in [0.05, 0.1) is 6.61 Å². The summed E-state index contributed by atoms with van der Waals surface area (Å²) in [4.78, 5) is 0. The summed E-state index contributed by atoms with van der Waals surface area (Å²) in [5.74, 6) is 1.58. The lowest BCUT2D eigenvalue weighted by atomic mass is 9.91. The number of hydrogen-bond donors (Lipinski definition) is 1. The third-order valence-corrected chi connectivity index (χ3v) is 4.74. The standard InChI is InChI=1S/C18H24N2O/c1-12(2)11-21-13-6-7-17-15(10-13)14-4-3-5-16-18(14)20(17)9-8-19-16/h6-7,10,12,16,19H,3-5,8-9,11H2,1-2H3/t16-/m0/s1. The minimum absolute atomic E-state index is 0.565. The molecule has 1 aromatic carbocycles. The van der Waals surface area contributed by atoms with E-state index in [9.17, 15) is 0 Å². The van der Waals surface area contributed by atoms with Crippen molar-refractivity contribution in [2.45, 2.75) is 45.7 Å². The molecular weight excluding hydrogens is 260 g/mol. The Hall–Kier alpha value is -1.48. The molecule has 0 radical (unpaired) electrons. The van der Waals surface area contributed by atoms with E-state index in [1.807, 2.05) is 0 Å². The Morgan fingerprint density at radius 3 is 3.14 bits per heavy atom. The minimum atomic E-state index is 0.565. The fraction of sp³-hybridized carbons (Fsp3) is 0.556. The van der Waals surface area contributed by atoms with Crippen LogP contribution in [0.25, 0.3) is 10.9 Å². The predicted molar refractivity (Wildman–Crippen MR) is 86.0 cm³/mol. The molecule has 1 aliphatic carbocycles. The van der Waals surface area contributed by atoms with Gasteiger partial charge < -0.3 is 14.6 Å². The Morgan fingerprint density at radius 1 is 1.38 bits per heavy atom. The molecule has 1 aliphatic heterocycles. The maximum Gasteiger partial charge on any atom is 0.120 e. The van der Waals surface area contributed by atoms with Crippen molar-refractivity contribution < 1.29 is 4.74 Å². The van der Waals surface area contributed by atoms with Gasteiger partial charge in [-0.05, 0) is 48.9 Å². The quantitative estimate of drug-likeness (QED) is 0.931. The van der Waals surface area contributed by atoms with E-state index in [4.69, 9.17) is 4.74 Å². The van der Waals surface area contributed by atoms with Crippen molar-refractivity contribution in [2.24, 2.45) is 5.92 Å². The first kappa shape index (κ1) is 13.2. The lowest BCUT2D eigenvalue weighted by Crippen LogP contribution is -2.35. The summed E-state index contributed by atoms with van der Waals surface area (Å²) in [5.41, 5.74) is 4.50. The van der Waals surface area contributed by atoms with Gasteiger partial charge in [-0.2, -0.15) is 0 Å². The number of hydrogen-bond acceptors (Lipinski definition) is 2. The van der Waals surface area contributed by atoms with E-state index in [2.05, 4.69) is 41.9 Å². The number of benzene rings is 1. The second-order valence-corrected chi connectivity index (χ2v) is 6.80. The van der Waals surface area contributed by atoms with Gasteiger partial charge in [-0.15, -0.1) is 0 Å². The molecule has 112 valence electrons. The van der Waals surface area contributed by atoms with Gasteiger partial charge in [0.15, 0.2) is 0 Å². The molecule has 3 nitrogen and oxygen atoms in total. The minimum Gasteiger partial charge on any atom is -0.493 e. The van der Waals surface area contributed by atoms with Crippen LogP contribution in [0.1, 0.15) is 44.0 Å². The number of nitrogens with one attached hydrogen (secondary N) is 1. The van der Waals surface area contributed by atoms with Gasteiger partial charge in [0.1, 0.15) is 5.75 Å². The first-order valence-electron chi connectivity index (χ1n) is 8.25. The third-order valence-electron chi connectivity index (χ3n) is 4.74. The largest absolute Gasteiger partial charge is 0.493 e. The van der Waals surface area contributed by atoms with Crippen LogP contribution in [0.3, 0.4) is 0 Å². The zero-order valence-electron chi connectivity index (χ0n) is 13.0. The van der Waals surface area contributed by atoms with Crippen LogP contribution in [0.2, 0.25) is 0 Å². The molecule has 0 bridgehead atoms. The molecule has 1 aromatic heterocycles. The number of fused-ring (bicyclic) bond motifs is 3. The van der Waals surface area contributed by atoms with E-state index in [0.717, 1.165) is 25.4 Å². The van der Waals surface area contributed by atoms with Gasteiger partial charge in [-0.25, -0.2) is 0 Å². The maximum atomic E-state index is 5.93. The molecule has 2 heterocycles. The van der Waals surface area contributed by atoms with Crippen LogP contribution in [0, 0.1) is 5.92 Å². The van der Waals surface area contributed by atoms with Crippen molar-refractivity contribution in [3.8, 4) is 5.75 Å². The molecule has 0 saturated carbocycles. The summed E-state index contributed by atoms with van der Waals surface area (Å²) in [6.07, 6.45) is 3.78. The van der Waals surface area contributed by atoms with E-state index in [1.165, 1.54) is 30.2 Å². The summed E-state index contributed by atoms with van der Waals surface area (Å²) in [6, 6.07) is 7.22. The third kappa shape index (κ3) is 2.15. The highest BCUT2D eigenvalue weighted by molar-refractivity contribution is 5.87. The molecule has 2 aliphatic rings. The van der Waals surface area contributed by atoms with E-state index in [0.29, 0.717) is 12.0 Å². The van der Waals surface area contributed by atoms with Crippen molar-refractivity contribution in [1.29, 1.82) is 0 Å². The van der Waals surface area contributed by atoms with Crippen LogP contribution < -0.4 is 10.1 Å². The van der Waals surface area contributed by atoms with Gasteiger partial charge in [-0.1, -0.05) is 13.8 Å². The van der Waals surface area contributed by atoms with Crippen LogP contribution in [0.15, 0.2) is 18.2 Å². The molecule has 1 atom stereocenters. The van der Waals surface area contributed by atoms with Crippen molar-refractivity contribution >= 4 is 10.9 Å². The maximum absolute atomic E-state index is 5.93. The number of aryl methyl sites for hydroxylation is 1.